The van der Waals surface area contributed by atoms with Crippen molar-refractivity contribution in [1.82, 2.24) is 24.6 Å². The number of amides is 1. The van der Waals surface area contributed by atoms with Crippen LogP contribution in [-0.4, -0.2) is 37.1 Å². The normalized spacial score (nSPS) is 19.2. The maximum absolute atomic E-state index is 13.1. The lowest BCUT2D eigenvalue weighted by molar-refractivity contribution is 0.0638. The van der Waals surface area contributed by atoms with Crippen molar-refractivity contribution >= 4 is 17.2 Å². The molecule has 27 heavy (non-hydrogen) atoms. The molecule has 1 saturated carbocycles. The van der Waals surface area contributed by atoms with Crippen LogP contribution in [0.5, 0.6) is 0 Å². The minimum Gasteiger partial charge on any atom is -0.327 e. The van der Waals surface area contributed by atoms with Crippen LogP contribution in [0, 0.1) is 5.82 Å². The van der Waals surface area contributed by atoms with Gasteiger partial charge < -0.3 is 9.47 Å². The molecule has 1 amide bonds. The number of fused-ring (bicyclic) bond motifs is 1. The van der Waals surface area contributed by atoms with E-state index in [1.807, 2.05) is 12.3 Å². The molecule has 1 fully saturated rings. The molecule has 2 aromatic heterocycles. The largest absolute Gasteiger partial charge is 0.327 e. The van der Waals surface area contributed by atoms with Crippen LogP contribution in [0.25, 0.3) is 11.5 Å². The highest BCUT2D eigenvalue weighted by Gasteiger charge is 2.33. The lowest BCUT2D eigenvalue weighted by atomic mass is 10.1. The van der Waals surface area contributed by atoms with E-state index in [2.05, 4.69) is 14.8 Å². The van der Waals surface area contributed by atoms with Gasteiger partial charge in [-0.15, -0.1) is 21.5 Å². The minimum absolute atomic E-state index is 0.122. The Morgan fingerprint density at radius 1 is 1.19 bits per heavy atom. The Labute approximate surface area is 159 Å². The topological polar surface area (TPSA) is 63.9 Å². The first-order valence-corrected chi connectivity index (χ1v) is 9.95. The summed E-state index contributed by atoms with van der Waals surface area (Å²) < 4.78 is 15.2. The van der Waals surface area contributed by atoms with Crippen LogP contribution in [0.1, 0.15) is 52.9 Å². The molecule has 1 aliphatic carbocycles. The van der Waals surface area contributed by atoms with Gasteiger partial charge in [-0.25, -0.2) is 9.37 Å². The molecular formula is C19H18FN5OS. The number of thiazole rings is 1. The Balaban J connectivity index is 1.42. The minimum atomic E-state index is -0.351. The van der Waals surface area contributed by atoms with Crippen LogP contribution >= 0.6 is 11.3 Å². The highest BCUT2D eigenvalue weighted by Crippen LogP contribution is 2.42. The van der Waals surface area contributed by atoms with Gasteiger partial charge in [-0.1, -0.05) is 0 Å². The summed E-state index contributed by atoms with van der Waals surface area (Å²) in [6.07, 6.45) is 2.45. The fraction of sp³-hybridized carbons (Fsp3) is 0.368. The zero-order chi connectivity index (χ0) is 18.5. The average Bonchev–Trinajstić information content (AvgIpc) is 3.24. The van der Waals surface area contributed by atoms with Crippen LogP contribution in [0.15, 0.2) is 29.6 Å². The Morgan fingerprint density at radius 3 is 2.70 bits per heavy atom. The number of carbonyl (C=O) groups excluding carboxylic acids is 1. The van der Waals surface area contributed by atoms with E-state index >= 15 is 0 Å². The van der Waals surface area contributed by atoms with E-state index < -0.39 is 0 Å². The van der Waals surface area contributed by atoms with Crippen LogP contribution in [0.2, 0.25) is 0 Å². The van der Waals surface area contributed by atoms with E-state index in [4.69, 9.17) is 4.98 Å². The molecule has 3 heterocycles. The summed E-state index contributed by atoms with van der Waals surface area (Å²) in [5, 5.41) is 11.9. The van der Waals surface area contributed by atoms with Crippen molar-refractivity contribution in [3.05, 3.63) is 51.9 Å². The maximum atomic E-state index is 13.1. The molecule has 5 rings (SSSR count). The molecule has 1 aromatic carbocycles. The molecule has 0 radical (unpaired) electrons. The first-order chi connectivity index (χ1) is 13.1. The summed E-state index contributed by atoms with van der Waals surface area (Å²) in [6, 6.07) is 5.44. The Bertz CT molecular complexity index is 1010. The van der Waals surface area contributed by atoms with Crippen molar-refractivity contribution in [3.63, 3.8) is 0 Å². The lowest BCUT2D eigenvalue weighted by Crippen LogP contribution is -2.41. The number of halogens is 1. The third-order valence-electron chi connectivity index (χ3n) is 5.21. The van der Waals surface area contributed by atoms with E-state index in [1.165, 1.54) is 42.1 Å². The molecule has 0 spiro atoms. The van der Waals surface area contributed by atoms with Crippen molar-refractivity contribution < 1.29 is 9.18 Å². The average molecular weight is 383 g/mol. The number of carbonyl (C=O) groups is 1. The second kappa shape index (κ2) is 6.23. The summed E-state index contributed by atoms with van der Waals surface area (Å²) in [5.41, 5.74) is 1.34. The van der Waals surface area contributed by atoms with E-state index in [0.29, 0.717) is 24.6 Å². The zero-order valence-electron chi connectivity index (χ0n) is 14.8. The van der Waals surface area contributed by atoms with Crippen molar-refractivity contribution in [2.24, 2.45) is 0 Å². The van der Waals surface area contributed by atoms with E-state index in [-0.39, 0.29) is 17.8 Å². The molecule has 6 nitrogen and oxygen atoms in total. The van der Waals surface area contributed by atoms with Gasteiger partial charge in [0, 0.05) is 30.0 Å². The van der Waals surface area contributed by atoms with Gasteiger partial charge in [0.2, 0.25) is 0 Å². The van der Waals surface area contributed by atoms with Crippen molar-refractivity contribution in [2.45, 2.75) is 38.3 Å². The Hall–Kier alpha value is -2.61. The second-order valence-corrected chi connectivity index (χ2v) is 7.95. The Morgan fingerprint density at radius 2 is 1.96 bits per heavy atom. The summed E-state index contributed by atoms with van der Waals surface area (Å²) in [6.45, 7) is 3.11. The lowest BCUT2D eigenvalue weighted by Gasteiger charge is -2.33. The Kier molecular flexibility index (Phi) is 3.82. The standard InChI is InChI=1S/C19H18FN5OS/c1-11-16-22-23-17(15-10-27-18(21-15)12-2-3-12)25(16)9-8-24(11)19(26)13-4-6-14(20)7-5-13/h4-7,10-12H,2-3,8-9H2,1H3/t11-/m1/s1. The second-order valence-electron chi connectivity index (χ2n) is 7.06. The van der Waals surface area contributed by atoms with Crippen molar-refractivity contribution in [1.29, 1.82) is 0 Å². The molecule has 0 saturated heterocycles. The maximum Gasteiger partial charge on any atom is 0.254 e. The van der Waals surface area contributed by atoms with Crippen LogP contribution < -0.4 is 0 Å². The van der Waals surface area contributed by atoms with Gasteiger partial charge in [-0.2, -0.15) is 0 Å². The molecule has 0 bridgehead atoms. The molecule has 2 aliphatic rings. The smallest absolute Gasteiger partial charge is 0.254 e. The fourth-order valence-electron chi connectivity index (χ4n) is 3.52. The molecule has 1 atom stereocenters. The number of hydrogen-bond donors (Lipinski definition) is 0. The molecule has 8 heteroatoms. The molecule has 3 aromatic rings. The van der Waals surface area contributed by atoms with Gasteiger partial charge in [0.25, 0.3) is 5.91 Å². The molecule has 0 N–H and O–H groups in total. The first kappa shape index (κ1) is 16.6. The zero-order valence-corrected chi connectivity index (χ0v) is 15.6. The van der Waals surface area contributed by atoms with Gasteiger partial charge in [-0.3, -0.25) is 4.79 Å². The summed E-state index contributed by atoms with van der Waals surface area (Å²) in [7, 11) is 0. The van der Waals surface area contributed by atoms with E-state index in [9.17, 15) is 9.18 Å². The number of benzene rings is 1. The number of aromatic nitrogens is 4. The summed E-state index contributed by atoms with van der Waals surface area (Å²) in [4.78, 5) is 19.3. The first-order valence-electron chi connectivity index (χ1n) is 9.07. The predicted molar refractivity (Wildman–Crippen MR) is 99.0 cm³/mol. The van der Waals surface area contributed by atoms with Crippen LogP contribution in [-0.2, 0) is 6.54 Å². The predicted octanol–water partition coefficient (Wildman–Crippen LogP) is 3.64. The van der Waals surface area contributed by atoms with Gasteiger partial charge in [0.1, 0.15) is 11.5 Å². The number of rotatable bonds is 3. The van der Waals surface area contributed by atoms with Crippen molar-refractivity contribution in [3.8, 4) is 11.5 Å². The van der Waals surface area contributed by atoms with Gasteiger partial charge >= 0.3 is 0 Å². The number of hydrogen-bond acceptors (Lipinski definition) is 5. The number of nitrogens with zero attached hydrogens (tertiary/aromatic N) is 5. The molecule has 138 valence electrons. The summed E-state index contributed by atoms with van der Waals surface area (Å²) in [5.74, 6) is 1.68. The van der Waals surface area contributed by atoms with Crippen molar-refractivity contribution in [2.75, 3.05) is 6.54 Å². The monoisotopic (exact) mass is 383 g/mol. The van der Waals surface area contributed by atoms with E-state index in [1.54, 1.807) is 16.2 Å². The molecule has 0 unspecified atom stereocenters. The van der Waals surface area contributed by atoms with Crippen LogP contribution in [0.3, 0.4) is 0 Å². The third kappa shape index (κ3) is 2.84. The van der Waals surface area contributed by atoms with Gasteiger partial charge in [0.05, 0.1) is 11.0 Å². The third-order valence-corrected chi connectivity index (χ3v) is 6.22. The molecule has 1 aliphatic heterocycles. The quantitative estimate of drug-likeness (QED) is 0.693. The highest BCUT2D eigenvalue weighted by atomic mass is 32.1. The SMILES string of the molecule is C[C@@H]1c2nnc(-c3csc(C4CC4)n3)n2CCN1C(=O)c1ccc(F)cc1. The van der Waals surface area contributed by atoms with E-state index in [0.717, 1.165) is 17.3 Å². The molecular weight excluding hydrogens is 365 g/mol. The highest BCUT2D eigenvalue weighted by molar-refractivity contribution is 7.10. The van der Waals surface area contributed by atoms with Crippen LogP contribution in [0.4, 0.5) is 4.39 Å². The summed E-state index contributed by atoms with van der Waals surface area (Å²) >= 11 is 1.69. The van der Waals surface area contributed by atoms with Gasteiger partial charge in [0.15, 0.2) is 11.6 Å². The van der Waals surface area contributed by atoms with Gasteiger partial charge in [-0.05, 0) is 44.0 Å². The fourth-order valence-corrected chi connectivity index (χ4v) is 4.49.